The monoisotopic (exact) mass is 1010 g/mol. The molecule has 0 aliphatic carbocycles. The van der Waals surface area contributed by atoms with Crippen LogP contribution in [0.2, 0.25) is 0 Å². The first kappa shape index (κ1) is 49.4. The highest BCUT2D eigenvalue weighted by atomic mass is 19.1. The van der Waals surface area contributed by atoms with E-state index in [0.29, 0.717) is 27.9 Å². The van der Waals surface area contributed by atoms with Gasteiger partial charge in [-0.25, -0.2) is 18.4 Å². The number of aromatic nitrogens is 6. The third kappa shape index (κ3) is 9.74. The minimum atomic E-state index is -1.20. The average molecular weight is 1010 g/mol. The number of aromatic amines is 4. The van der Waals surface area contributed by atoms with Gasteiger partial charge in [0.2, 0.25) is 0 Å². The Morgan fingerprint density at radius 3 is 1.34 bits per heavy atom. The lowest BCUT2D eigenvalue weighted by molar-refractivity contribution is -0.128. The Kier molecular flexibility index (Phi) is 14.0. The second-order valence-electron chi connectivity index (χ2n) is 17.0. The fourth-order valence-corrected chi connectivity index (χ4v) is 8.81. The molecule has 0 atom stereocenters. The SMILES string of the molecule is CCOC(=O)c1cc(-c2ccc(F)c3c(C(=O)C(=O)N4CCN(C(=O)c5ccccc5)CC4)c[nH]c23)n[nH]1.O=C(O)c1cc(-c2ccc(F)c3c(C(=O)C(=O)N4CCN(C(=O)c5ccccc5)CC4)c[nH]c23)n[nH]1. The maximum absolute atomic E-state index is 14.9. The van der Waals surface area contributed by atoms with Crippen molar-refractivity contribution in [3.8, 4) is 22.5 Å². The van der Waals surface area contributed by atoms with Crippen LogP contribution in [0, 0.1) is 11.6 Å². The van der Waals surface area contributed by atoms with Crippen molar-refractivity contribution in [2.24, 2.45) is 0 Å². The maximum Gasteiger partial charge on any atom is 0.356 e. The zero-order valence-corrected chi connectivity index (χ0v) is 39.3. The van der Waals surface area contributed by atoms with Gasteiger partial charge >= 0.3 is 11.9 Å². The van der Waals surface area contributed by atoms with E-state index in [1.54, 1.807) is 65.3 Å². The van der Waals surface area contributed by atoms with Crippen LogP contribution in [0.15, 0.2) is 109 Å². The number of esters is 1. The summed E-state index contributed by atoms with van der Waals surface area (Å²) in [4.78, 5) is 112. The van der Waals surface area contributed by atoms with Crippen molar-refractivity contribution in [1.29, 1.82) is 0 Å². The molecule has 0 bridgehead atoms. The highest BCUT2D eigenvalue weighted by Gasteiger charge is 2.33. The summed E-state index contributed by atoms with van der Waals surface area (Å²) in [5.41, 5.74) is 2.71. The van der Waals surface area contributed by atoms with Crippen LogP contribution in [0.3, 0.4) is 0 Å². The second-order valence-corrected chi connectivity index (χ2v) is 17.0. The molecule has 2 saturated heterocycles. The van der Waals surface area contributed by atoms with E-state index in [2.05, 4.69) is 30.4 Å². The number of aromatic carboxylic acids is 1. The number of piperazine rings is 2. The Morgan fingerprint density at radius 2 is 0.946 bits per heavy atom. The minimum Gasteiger partial charge on any atom is -0.477 e. The van der Waals surface area contributed by atoms with Crippen molar-refractivity contribution in [3.63, 3.8) is 0 Å². The molecule has 2 fully saturated rings. The smallest absolute Gasteiger partial charge is 0.356 e. The van der Waals surface area contributed by atoms with E-state index in [1.165, 1.54) is 52.5 Å². The van der Waals surface area contributed by atoms with Crippen LogP contribution in [0.5, 0.6) is 0 Å². The number of ketones is 2. The number of carboxylic acid groups (broad SMARTS) is 1. The molecule has 4 aromatic heterocycles. The Morgan fingerprint density at radius 1 is 0.554 bits per heavy atom. The van der Waals surface area contributed by atoms with Crippen molar-refractivity contribution < 1.29 is 57.0 Å². The van der Waals surface area contributed by atoms with Gasteiger partial charge in [-0.3, -0.25) is 39.0 Å². The van der Waals surface area contributed by atoms with Crippen molar-refractivity contribution in [1.82, 2.24) is 50.0 Å². The van der Waals surface area contributed by atoms with Crippen LogP contribution in [0.4, 0.5) is 8.78 Å². The molecule has 4 amide bonds. The number of ether oxygens (including phenoxy) is 1. The fraction of sp³-hybridized carbons (Fsp3) is 0.192. The molecule has 22 heteroatoms. The Bertz CT molecular complexity index is 3500. The van der Waals surface area contributed by atoms with Gasteiger partial charge in [-0.15, -0.1) is 0 Å². The van der Waals surface area contributed by atoms with Crippen molar-refractivity contribution in [3.05, 3.63) is 155 Å². The van der Waals surface area contributed by atoms with Crippen LogP contribution in [-0.2, 0) is 14.3 Å². The minimum absolute atomic E-state index is 0.0422. The lowest BCUT2D eigenvalue weighted by Crippen LogP contribution is -2.52. The molecular formula is C52H44F2N10O10. The topological polar surface area (TPSA) is 268 Å². The lowest BCUT2D eigenvalue weighted by atomic mass is 10.0. The number of carbonyl (C=O) groups is 8. The molecule has 10 rings (SSSR count). The summed E-state index contributed by atoms with van der Waals surface area (Å²) in [6, 6.07) is 25.6. The van der Waals surface area contributed by atoms with E-state index >= 15 is 0 Å². The van der Waals surface area contributed by atoms with E-state index in [0.717, 1.165) is 6.07 Å². The highest BCUT2D eigenvalue weighted by Crippen LogP contribution is 2.33. The number of hydrogen-bond acceptors (Lipinski definition) is 11. The predicted octanol–water partition coefficient (Wildman–Crippen LogP) is 5.60. The summed E-state index contributed by atoms with van der Waals surface area (Å²) in [5.74, 6) is -6.76. The predicted molar refractivity (Wildman–Crippen MR) is 261 cm³/mol. The molecular weight excluding hydrogens is 963 g/mol. The third-order valence-electron chi connectivity index (χ3n) is 12.6. The fourth-order valence-electron chi connectivity index (χ4n) is 8.81. The van der Waals surface area contributed by atoms with Crippen molar-refractivity contribution in [2.75, 3.05) is 59.0 Å². The van der Waals surface area contributed by atoms with Gasteiger partial charge in [0, 0.05) is 97.8 Å². The number of hydrogen-bond donors (Lipinski definition) is 5. The normalized spacial score (nSPS) is 13.6. The van der Waals surface area contributed by atoms with Gasteiger partial charge in [-0.1, -0.05) is 36.4 Å². The molecule has 2 aliphatic rings. The third-order valence-corrected chi connectivity index (χ3v) is 12.6. The molecule has 4 aromatic carbocycles. The molecule has 74 heavy (non-hydrogen) atoms. The second kappa shape index (κ2) is 21.0. The number of benzene rings is 4. The standard InChI is InChI=1S/C27H24FN5O5.C25H20FN5O5/c1-2-38-27(37)21-14-20(30-31-21)17-8-9-19(28)22-18(15-29-23(17)22)24(34)26(36)33-12-10-32(11-13-33)25(35)16-6-4-3-5-7-16;26-17-7-6-15(18-12-19(25(35)36)29-28-18)21-20(17)16(13-27-21)22(32)24(34)31-10-8-30(9-11-31)23(33)14-4-2-1-3-5-14/h3-9,14-15,29H,2,10-13H2,1H3,(H,30,31);1-7,12-13,27H,8-11H2,(H,28,29)(H,35,36). The number of H-pyrrole nitrogens is 4. The molecule has 8 aromatic rings. The molecule has 5 N–H and O–H groups in total. The summed E-state index contributed by atoms with van der Waals surface area (Å²) >= 11 is 0. The molecule has 0 saturated carbocycles. The molecule has 0 spiro atoms. The van der Waals surface area contributed by atoms with Crippen LogP contribution < -0.4 is 0 Å². The number of amides is 4. The van der Waals surface area contributed by atoms with Gasteiger partial charge in [-0.05, 0) is 67.6 Å². The van der Waals surface area contributed by atoms with Crippen molar-refractivity contribution in [2.45, 2.75) is 6.92 Å². The number of fused-ring (bicyclic) bond motifs is 2. The molecule has 0 unspecified atom stereocenters. The van der Waals surface area contributed by atoms with E-state index in [-0.39, 0.29) is 121 Å². The van der Waals surface area contributed by atoms with E-state index in [4.69, 9.17) is 9.84 Å². The largest absolute Gasteiger partial charge is 0.477 e. The number of carbonyl (C=O) groups excluding carboxylic acids is 7. The van der Waals surface area contributed by atoms with Gasteiger partial charge in [0.1, 0.15) is 23.0 Å². The first-order chi connectivity index (χ1) is 35.7. The Balaban J connectivity index is 0.000000182. The Labute approximate surface area is 417 Å². The molecule has 2 aliphatic heterocycles. The maximum atomic E-state index is 14.9. The first-order valence-electron chi connectivity index (χ1n) is 23.2. The van der Waals surface area contributed by atoms with E-state index in [9.17, 15) is 47.1 Å². The van der Waals surface area contributed by atoms with E-state index < -0.39 is 47.0 Å². The number of nitrogens with zero attached hydrogens (tertiary/aromatic N) is 6. The van der Waals surface area contributed by atoms with Crippen LogP contribution in [-0.4, -0.2) is 161 Å². The summed E-state index contributed by atoms with van der Waals surface area (Å²) in [7, 11) is 0. The number of Topliss-reactive ketones (excluding diaryl/α,β-unsaturated/α-hetero) is 2. The van der Waals surface area contributed by atoms with Crippen LogP contribution in [0.25, 0.3) is 44.3 Å². The molecule has 0 radical (unpaired) electrons. The zero-order chi connectivity index (χ0) is 52.2. The Hall–Kier alpha value is -9.60. The van der Waals surface area contributed by atoms with Gasteiger partial charge in [-0.2, -0.15) is 10.2 Å². The highest BCUT2D eigenvalue weighted by molar-refractivity contribution is 6.45. The lowest BCUT2D eigenvalue weighted by Gasteiger charge is -2.34. The number of rotatable bonds is 11. The first-order valence-corrected chi connectivity index (χ1v) is 23.2. The molecule has 6 heterocycles. The summed E-state index contributed by atoms with van der Waals surface area (Å²) in [5, 5.41) is 22.0. The summed E-state index contributed by atoms with van der Waals surface area (Å²) in [6.07, 6.45) is 2.56. The number of nitrogens with one attached hydrogen (secondary N) is 4. The van der Waals surface area contributed by atoms with Gasteiger partial charge in [0.05, 0.1) is 40.2 Å². The molecule has 20 nitrogen and oxygen atoms in total. The van der Waals surface area contributed by atoms with Gasteiger partial charge in [0.25, 0.3) is 35.2 Å². The van der Waals surface area contributed by atoms with Crippen LogP contribution >= 0.6 is 0 Å². The van der Waals surface area contributed by atoms with Crippen LogP contribution in [0.1, 0.15) is 69.3 Å². The summed E-state index contributed by atoms with van der Waals surface area (Å²) in [6.45, 7) is 3.68. The molecule has 376 valence electrons. The van der Waals surface area contributed by atoms with Gasteiger partial charge in [0.15, 0.2) is 0 Å². The zero-order valence-electron chi connectivity index (χ0n) is 39.3. The quantitative estimate of drug-likeness (QED) is 0.0602. The number of halogens is 2. The van der Waals surface area contributed by atoms with Gasteiger partial charge < -0.3 is 39.4 Å². The van der Waals surface area contributed by atoms with Crippen molar-refractivity contribution >= 4 is 68.9 Å². The van der Waals surface area contributed by atoms with E-state index in [1.807, 2.05) is 12.1 Å². The number of carboxylic acids is 1. The average Bonchev–Trinajstić information content (AvgIpc) is 4.29. The summed E-state index contributed by atoms with van der Waals surface area (Å²) < 4.78 is 34.7.